The minimum absolute atomic E-state index is 0.280. The van der Waals surface area contributed by atoms with Gasteiger partial charge in [0.1, 0.15) is 0 Å². The van der Waals surface area contributed by atoms with E-state index in [1.807, 2.05) is 0 Å². The highest BCUT2D eigenvalue weighted by molar-refractivity contribution is 4.60. The molecule has 12 heavy (non-hydrogen) atoms. The average Bonchev–Trinajstić information content (AvgIpc) is 2.09. The van der Waals surface area contributed by atoms with Crippen molar-refractivity contribution in [3.05, 3.63) is 0 Å². The van der Waals surface area contributed by atoms with Crippen molar-refractivity contribution in [2.24, 2.45) is 5.73 Å². The molecule has 0 heterocycles. The van der Waals surface area contributed by atoms with Crippen LogP contribution in [0.15, 0.2) is 0 Å². The first-order valence-corrected chi connectivity index (χ1v) is 5.17. The predicted octanol–water partition coefficient (Wildman–Crippen LogP) is 2.06. The van der Waals surface area contributed by atoms with E-state index < -0.39 is 0 Å². The largest absolute Gasteiger partial charge is 0.396 e. The van der Waals surface area contributed by atoms with E-state index in [9.17, 15) is 0 Å². The maximum absolute atomic E-state index is 8.57. The molecule has 0 saturated heterocycles. The van der Waals surface area contributed by atoms with Gasteiger partial charge in [-0.05, 0) is 19.3 Å². The molecule has 1 unspecified atom stereocenters. The average molecular weight is 173 g/mol. The molecule has 0 fully saturated rings. The minimum atomic E-state index is 0.280. The smallest absolute Gasteiger partial charge is 0.0431 e. The van der Waals surface area contributed by atoms with Crippen LogP contribution in [-0.4, -0.2) is 17.8 Å². The molecule has 0 aliphatic rings. The summed E-state index contributed by atoms with van der Waals surface area (Å²) in [6.45, 7) is 2.49. The van der Waals surface area contributed by atoms with E-state index in [1.54, 1.807) is 0 Å². The molecule has 2 nitrogen and oxygen atoms in total. The van der Waals surface area contributed by atoms with Crippen LogP contribution in [0.3, 0.4) is 0 Å². The predicted molar refractivity (Wildman–Crippen MR) is 53.1 cm³/mol. The number of hydrogen-bond acceptors (Lipinski definition) is 2. The van der Waals surface area contributed by atoms with Gasteiger partial charge in [-0.3, -0.25) is 0 Å². The van der Waals surface area contributed by atoms with Crippen LogP contribution in [0.1, 0.15) is 51.9 Å². The summed E-state index contributed by atoms with van der Waals surface area (Å²) in [4.78, 5) is 0. The third-order valence-electron chi connectivity index (χ3n) is 2.16. The van der Waals surface area contributed by atoms with E-state index in [4.69, 9.17) is 10.8 Å². The molecule has 0 bridgehead atoms. The summed E-state index contributed by atoms with van der Waals surface area (Å²) in [6.07, 6.45) is 8.12. The standard InChI is InChI=1S/C10H23NO/c1-2-3-4-5-7-10(11)8-6-9-12/h10,12H,2-9,11H2,1H3. The number of unbranched alkanes of at least 4 members (excludes halogenated alkanes) is 3. The molecule has 0 aliphatic carbocycles. The number of hydrogen-bond donors (Lipinski definition) is 2. The zero-order valence-corrected chi connectivity index (χ0v) is 8.26. The van der Waals surface area contributed by atoms with E-state index in [0.29, 0.717) is 6.04 Å². The fourth-order valence-corrected chi connectivity index (χ4v) is 1.33. The quantitative estimate of drug-likeness (QED) is 0.552. The minimum Gasteiger partial charge on any atom is -0.396 e. The normalized spacial score (nSPS) is 13.2. The first kappa shape index (κ1) is 11.9. The zero-order chi connectivity index (χ0) is 9.23. The monoisotopic (exact) mass is 173 g/mol. The Morgan fingerprint density at radius 1 is 1.08 bits per heavy atom. The summed E-state index contributed by atoms with van der Waals surface area (Å²) in [7, 11) is 0. The van der Waals surface area contributed by atoms with Gasteiger partial charge in [-0.15, -0.1) is 0 Å². The van der Waals surface area contributed by atoms with Gasteiger partial charge in [-0.1, -0.05) is 32.6 Å². The van der Waals surface area contributed by atoms with Crippen LogP contribution in [0.25, 0.3) is 0 Å². The third kappa shape index (κ3) is 8.02. The highest BCUT2D eigenvalue weighted by Crippen LogP contribution is 2.07. The Bertz CT molecular complexity index is 85.9. The first-order chi connectivity index (χ1) is 5.81. The Morgan fingerprint density at radius 3 is 2.33 bits per heavy atom. The van der Waals surface area contributed by atoms with E-state index in [1.165, 1.54) is 25.7 Å². The molecular weight excluding hydrogens is 150 g/mol. The molecule has 0 amide bonds. The molecule has 0 aromatic heterocycles. The Kier molecular flexibility index (Phi) is 8.95. The second-order valence-electron chi connectivity index (χ2n) is 3.48. The van der Waals surface area contributed by atoms with Gasteiger partial charge in [-0.2, -0.15) is 0 Å². The number of nitrogens with two attached hydrogens (primary N) is 1. The van der Waals surface area contributed by atoms with Crippen molar-refractivity contribution in [2.75, 3.05) is 6.61 Å². The first-order valence-electron chi connectivity index (χ1n) is 5.17. The second-order valence-corrected chi connectivity index (χ2v) is 3.48. The maximum atomic E-state index is 8.57. The molecule has 0 saturated carbocycles. The van der Waals surface area contributed by atoms with Crippen molar-refractivity contribution in [3.8, 4) is 0 Å². The summed E-state index contributed by atoms with van der Waals surface area (Å²) < 4.78 is 0. The second kappa shape index (κ2) is 9.01. The SMILES string of the molecule is CCCCCCC(N)CCCO. The van der Waals surface area contributed by atoms with Gasteiger partial charge in [0, 0.05) is 12.6 Å². The lowest BCUT2D eigenvalue weighted by Gasteiger charge is -2.09. The molecule has 2 heteroatoms. The number of aliphatic hydroxyl groups excluding tert-OH is 1. The molecular formula is C10H23NO. The lowest BCUT2D eigenvalue weighted by molar-refractivity contribution is 0.278. The molecule has 0 radical (unpaired) electrons. The third-order valence-corrected chi connectivity index (χ3v) is 2.16. The molecule has 0 aliphatic heterocycles. The Morgan fingerprint density at radius 2 is 1.75 bits per heavy atom. The van der Waals surface area contributed by atoms with Gasteiger partial charge in [0.05, 0.1) is 0 Å². The van der Waals surface area contributed by atoms with Gasteiger partial charge in [-0.25, -0.2) is 0 Å². The topological polar surface area (TPSA) is 46.2 Å². The fraction of sp³-hybridized carbons (Fsp3) is 1.00. The Labute approximate surface area is 76.2 Å². The molecule has 1 atom stereocenters. The van der Waals surface area contributed by atoms with Gasteiger partial charge in [0.25, 0.3) is 0 Å². The summed E-state index contributed by atoms with van der Waals surface area (Å²) in [5, 5.41) is 8.57. The van der Waals surface area contributed by atoms with Gasteiger partial charge in [0.2, 0.25) is 0 Å². The van der Waals surface area contributed by atoms with Gasteiger partial charge >= 0.3 is 0 Å². The van der Waals surface area contributed by atoms with Crippen LogP contribution >= 0.6 is 0 Å². The van der Waals surface area contributed by atoms with Crippen LogP contribution in [0, 0.1) is 0 Å². The van der Waals surface area contributed by atoms with Crippen LogP contribution in [0.4, 0.5) is 0 Å². The highest BCUT2D eigenvalue weighted by Gasteiger charge is 2.00. The molecule has 74 valence electrons. The maximum Gasteiger partial charge on any atom is 0.0431 e. The van der Waals surface area contributed by atoms with Crippen molar-refractivity contribution >= 4 is 0 Å². The zero-order valence-electron chi connectivity index (χ0n) is 8.26. The molecule has 0 aromatic carbocycles. The van der Waals surface area contributed by atoms with Gasteiger partial charge in [0.15, 0.2) is 0 Å². The van der Waals surface area contributed by atoms with Crippen LogP contribution < -0.4 is 5.73 Å². The van der Waals surface area contributed by atoms with Crippen molar-refractivity contribution in [2.45, 2.75) is 57.9 Å². The number of aliphatic hydroxyl groups is 1. The summed E-state index contributed by atoms with van der Waals surface area (Å²) >= 11 is 0. The lowest BCUT2D eigenvalue weighted by Crippen LogP contribution is -2.19. The highest BCUT2D eigenvalue weighted by atomic mass is 16.2. The lowest BCUT2D eigenvalue weighted by atomic mass is 10.0. The number of rotatable bonds is 8. The molecule has 0 aromatic rings. The summed E-state index contributed by atoms with van der Waals surface area (Å²) in [5.74, 6) is 0. The van der Waals surface area contributed by atoms with Crippen LogP contribution in [0.5, 0.6) is 0 Å². The van der Waals surface area contributed by atoms with E-state index in [2.05, 4.69) is 6.92 Å². The molecule has 0 spiro atoms. The van der Waals surface area contributed by atoms with Gasteiger partial charge < -0.3 is 10.8 Å². The Hall–Kier alpha value is -0.0800. The van der Waals surface area contributed by atoms with Crippen LogP contribution in [-0.2, 0) is 0 Å². The molecule has 3 N–H and O–H groups in total. The van der Waals surface area contributed by atoms with Crippen LogP contribution in [0.2, 0.25) is 0 Å². The summed E-state index contributed by atoms with van der Waals surface area (Å²) in [5.41, 5.74) is 5.83. The van der Waals surface area contributed by atoms with Crippen molar-refractivity contribution in [1.82, 2.24) is 0 Å². The van der Waals surface area contributed by atoms with Crippen molar-refractivity contribution in [3.63, 3.8) is 0 Å². The van der Waals surface area contributed by atoms with Crippen molar-refractivity contribution in [1.29, 1.82) is 0 Å². The Balaban J connectivity index is 3.02. The van der Waals surface area contributed by atoms with E-state index >= 15 is 0 Å². The van der Waals surface area contributed by atoms with E-state index in [0.717, 1.165) is 19.3 Å². The molecule has 0 rings (SSSR count). The van der Waals surface area contributed by atoms with Crippen molar-refractivity contribution < 1.29 is 5.11 Å². The summed E-state index contributed by atoms with van der Waals surface area (Å²) in [6, 6.07) is 0.314. The van der Waals surface area contributed by atoms with E-state index in [-0.39, 0.29) is 6.61 Å². The fourth-order valence-electron chi connectivity index (χ4n) is 1.33.